The van der Waals surface area contributed by atoms with Crippen LogP contribution in [0, 0.1) is 0 Å². The third kappa shape index (κ3) is 3.69. The first-order chi connectivity index (χ1) is 5.49. The van der Waals surface area contributed by atoms with Crippen molar-refractivity contribution in [2.75, 3.05) is 13.6 Å². The average molecular weight is 173 g/mol. The first-order valence-corrected chi connectivity index (χ1v) is 4.24. The van der Waals surface area contributed by atoms with Crippen molar-refractivity contribution < 1.29 is 4.79 Å². The number of amides is 1. The third-order valence-electron chi connectivity index (χ3n) is 1.82. The molecule has 1 amide bonds. The lowest BCUT2D eigenvalue weighted by Gasteiger charge is -2.25. The summed E-state index contributed by atoms with van der Waals surface area (Å²) in [6.45, 7) is 4.54. The second kappa shape index (κ2) is 5.11. The second-order valence-electron chi connectivity index (χ2n) is 3.24. The van der Waals surface area contributed by atoms with Gasteiger partial charge in [0.15, 0.2) is 0 Å². The molecule has 0 aliphatic rings. The van der Waals surface area contributed by atoms with Gasteiger partial charge in [0.2, 0.25) is 5.91 Å². The lowest BCUT2D eigenvalue weighted by atomic mass is 10.2. The van der Waals surface area contributed by atoms with Crippen molar-refractivity contribution in [1.29, 1.82) is 0 Å². The maximum absolute atomic E-state index is 10.9. The van der Waals surface area contributed by atoms with E-state index in [9.17, 15) is 4.79 Å². The summed E-state index contributed by atoms with van der Waals surface area (Å²) in [7, 11) is 1.86. The molecule has 0 spiro atoms. The molecule has 0 aliphatic carbocycles. The number of primary amides is 1. The van der Waals surface area contributed by atoms with Gasteiger partial charge in [0.1, 0.15) is 0 Å². The van der Waals surface area contributed by atoms with Gasteiger partial charge in [-0.1, -0.05) is 6.92 Å². The molecular weight excluding hydrogens is 154 g/mol. The van der Waals surface area contributed by atoms with Crippen molar-refractivity contribution in [1.82, 2.24) is 4.90 Å². The van der Waals surface area contributed by atoms with E-state index < -0.39 is 0 Å². The molecule has 0 bridgehead atoms. The fraction of sp³-hybridized carbons (Fsp3) is 0.875. The summed E-state index contributed by atoms with van der Waals surface area (Å²) < 4.78 is 0. The normalized spacial score (nSPS) is 16.1. The van der Waals surface area contributed by atoms with Crippen molar-refractivity contribution in [3.63, 3.8) is 0 Å². The molecule has 0 saturated carbocycles. The van der Waals surface area contributed by atoms with E-state index >= 15 is 0 Å². The highest BCUT2D eigenvalue weighted by Gasteiger charge is 2.18. The van der Waals surface area contributed by atoms with Crippen LogP contribution in [0.15, 0.2) is 0 Å². The van der Waals surface area contributed by atoms with Crippen molar-refractivity contribution in [3.8, 4) is 0 Å². The van der Waals surface area contributed by atoms with Gasteiger partial charge in [0.25, 0.3) is 0 Å². The van der Waals surface area contributed by atoms with Gasteiger partial charge in [-0.2, -0.15) is 0 Å². The van der Waals surface area contributed by atoms with Crippen LogP contribution >= 0.6 is 0 Å². The molecule has 0 aromatic heterocycles. The van der Waals surface area contributed by atoms with Crippen LogP contribution in [-0.4, -0.2) is 36.5 Å². The van der Waals surface area contributed by atoms with Crippen molar-refractivity contribution in [3.05, 3.63) is 0 Å². The summed E-state index contributed by atoms with van der Waals surface area (Å²) in [6.07, 6.45) is 0.735. The number of hydrogen-bond acceptors (Lipinski definition) is 3. The summed E-state index contributed by atoms with van der Waals surface area (Å²) in [5, 5.41) is 0. The summed E-state index contributed by atoms with van der Waals surface area (Å²) in [4.78, 5) is 12.8. The number of nitrogens with zero attached hydrogens (tertiary/aromatic N) is 1. The number of carbonyl (C=O) groups excluding carboxylic acids is 1. The Bertz CT molecular complexity index is 147. The zero-order valence-electron chi connectivity index (χ0n) is 8.08. The summed E-state index contributed by atoms with van der Waals surface area (Å²) in [5.74, 6) is -0.277. The Morgan fingerprint density at radius 2 is 2.08 bits per heavy atom. The minimum Gasteiger partial charge on any atom is -0.368 e. The number of nitrogens with two attached hydrogens (primary N) is 2. The molecule has 0 aromatic rings. The maximum atomic E-state index is 10.9. The molecule has 0 heterocycles. The van der Waals surface area contributed by atoms with Crippen molar-refractivity contribution in [2.24, 2.45) is 11.5 Å². The van der Waals surface area contributed by atoms with Crippen LogP contribution in [0.1, 0.15) is 20.3 Å². The predicted octanol–water partition coefficient (Wildman–Crippen LogP) is -0.471. The third-order valence-corrected chi connectivity index (χ3v) is 1.82. The molecule has 0 radical (unpaired) electrons. The van der Waals surface area contributed by atoms with Crippen molar-refractivity contribution in [2.45, 2.75) is 32.4 Å². The van der Waals surface area contributed by atoms with Crippen molar-refractivity contribution >= 4 is 5.91 Å². The monoisotopic (exact) mass is 173 g/mol. The predicted molar refractivity (Wildman–Crippen MR) is 49.6 cm³/mol. The SMILES string of the molecule is CCC(C(N)=O)N(C)CC(C)N. The van der Waals surface area contributed by atoms with E-state index in [1.165, 1.54) is 0 Å². The van der Waals surface area contributed by atoms with E-state index in [0.717, 1.165) is 6.42 Å². The lowest BCUT2D eigenvalue weighted by molar-refractivity contribution is -0.122. The van der Waals surface area contributed by atoms with Gasteiger partial charge in [-0.25, -0.2) is 0 Å². The molecule has 4 heteroatoms. The van der Waals surface area contributed by atoms with Gasteiger partial charge < -0.3 is 11.5 Å². The van der Waals surface area contributed by atoms with E-state index in [4.69, 9.17) is 11.5 Å². The lowest BCUT2D eigenvalue weighted by Crippen LogP contribution is -2.46. The van der Waals surface area contributed by atoms with Gasteiger partial charge in [0, 0.05) is 12.6 Å². The zero-order valence-corrected chi connectivity index (χ0v) is 8.08. The van der Waals surface area contributed by atoms with Gasteiger partial charge in [-0.05, 0) is 20.4 Å². The summed E-state index contributed by atoms with van der Waals surface area (Å²) >= 11 is 0. The van der Waals surface area contributed by atoms with Gasteiger partial charge >= 0.3 is 0 Å². The Balaban J connectivity index is 4.02. The van der Waals surface area contributed by atoms with Crippen LogP contribution in [0.25, 0.3) is 0 Å². The molecule has 12 heavy (non-hydrogen) atoms. The number of hydrogen-bond donors (Lipinski definition) is 2. The first kappa shape index (κ1) is 11.4. The van der Waals surface area contributed by atoms with Gasteiger partial charge in [-0.15, -0.1) is 0 Å². The fourth-order valence-electron chi connectivity index (χ4n) is 1.31. The van der Waals surface area contributed by atoms with E-state index in [0.29, 0.717) is 6.54 Å². The molecule has 4 nitrogen and oxygen atoms in total. The van der Waals surface area contributed by atoms with E-state index in [2.05, 4.69) is 0 Å². The molecule has 2 unspecified atom stereocenters. The fourth-order valence-corrected chi connectivity index (χ4v) is 1.31. The molecule has 0 aliphatic heterocycles. The Hall–Kier alpha value is -0.610. The molecule has 0 saturated heterocycles. The summed E-state index contributed by atoms with van der Waals surface area (Å²) in [5.41, 5.74) is 10.8. The van der Waals surface area contributed by atoms with Gasteiger partial charge in [0.05, 0.1) is 6.04 Å². The Morgan fingerprint density at radius 3 is 2.33 bits per heavy atom. The van der Waals surface area contributed by atoms with Crippen LogP contribution < -0.4 is 11.5 Å². The Morgan fingerprint density at radius 1 is 1.58 bits per heavy atom. The van der Waals surface area contributed by atoms with E-state index in [1.54, 1.807) is 0 Å². The molecule has 2 atom stereocenters. The molecule has 72 valence electrons. The minimum absolute atomic E-state index is 0.0726. The second-order valence-corrected chi connectivity index (χ2v) is 3.24. The largest absolute Gasteiger partial charge is 0.368 e. The molecule has 4 N–H and O–H groups in total. The maximum Gasteiger partial charge on any atom is 0.234 e. The Labute approximate surface area is 73.9 Å². The smallest absolute Gasteiger partial charge is 0.234 e. The van der Waals surface area contributed by atoms with Crippen LogP contribution in [0.4, 0.5) is 0 Å². The minimum atomic E-state index is -0.277. The first-order valence-electron chi connectivity index (χ1n) is 4.24. The molecular formula is C8H19N3O. The van der Waals surface area contributed by atoms with Crippen LogP contribution in [0.5, 0.6) is 0 Å². The Kier molecular flexibility index (Phi) is 4.85. The standard InChI is InChI=1S/C8H19N3O/c1-4-7(8(10)12)11(3)5-6(2)9/h6-7H,4-5,9H2,1-3H3,(H2,10,12). The average Bonchev–Trinajstić information content (AvgIpc) is 1.85. The van der Waals surface area contributed by atoms with E-state index in [-0.39, 0.29) is 18.0 Å². The summed E-state index contributed by atoms with van der Waals surface area (Å²) in [6, 6.07) is -0.112. The number of likely N-dealkylation sites (N-methyl/N-ethyl adjacent to an activating group) is 1. The van der Waals surface area contributed by atoms with E-state index in [1.807, 2.05) is 25.8 Å². The number of carbonyl (C=O) groups is 1. The zero-order chi connectivity index (χ0) is 9.72. The molecule has 0 aromatic carbocycles. The van der Waals surface area contributed by atoms with Gasteiger partial charge in [-0.3, -0.25) is 9.69 Å². The quantitative estimate of drug-likeness (QED) is 0.590. The highest BCUT2D eigenvalue weighted by atomic mass is 16.1. The highest BCUT2D eigenvalue weighted by molar-refractivity contribution is 5.79. The highest BCUT2D eigenvalue weighted by Crippen LogP contribution is 2.00. The van der Waals surface area contributed by atoms with Crippen LogP contribution in [0.3, 0.4) is 0 Å². The topological polar surface area (TPSA) is 72.4 Å². The molecule has 0 fully saturated rings. The van der Waals surface area contributed by atoms with Crippen LogP contribution in [-0.2, 0) is 4.79 Å². The van der Waals surface area contributed by atoms with Crippen LogP contribution in [0.2, 0.25) is 0 Å². The number of rotatable bonds is 5. The molecule has 0 rings (SSSR count).